The van der Waals surface area contributed by atoms with Crippen molar-refractivity contribution in [3.8, 4) is 28.4 Å². The van der Waals surface area contributed by atoms with Crippen molar-refractivity contribution in [1.82, 2.24) is 0 Å². The molecule has 0 amide bonds. The highest BCUT2D eigenvalue weighted by Crippen LogP contribution is 2.31. The number of aromatic hydroxyl groups is 2. The van der Waals surface area contributed by atoms with E-state index in [1.54, 1.807) is 30.3 Å². The maximum absolute atomic E-state index is 9.81. The minimum Gasteiger partial charge on any atom is -0.508 e. The topological polar surface area (TPSA) is 101 Å². The molecule has 0 aliphatic heterocycles. The Bertz CT molecular complexity index is 898. The van der Waals surface area contributed by atoms with E-state index < -0.39 is 0 Å². The third kappa shape index (κ3) is 2.20. The van der Waals surface area contributed by atoms with Gasteiger partial charge in [0.2, 0.25) is 0 Å². The Morgan fingerprint density at radius 3 is 2.50 bits per heavy atom. The van der Waals surface area contributed by atoms with Crippen molar-refractivity contribution < 1.29 is 19.4 Å². The van der Waals surface area contributed by atoms with Crippen molar-refractivity contribution in [2.45, 2.75) is 0 Å². The van der Waals surface area contributed by atoms with Gasteiger partial charge in [-0.05, 0) is 23.8 Å². The average molecular weight is 298 g/mol. The molecule has 6 nitrogen and oxygen atoms in total. The van der Waals surface area contributed by atoms with Crippen LogP contribution in [-0.4, -0.2) is 17.3 Å². The highest BCUT2D eigenvalue weighted by Gasteiger charge is 2.11. The number of benzene rings is 2. The first-order chi connectivity index (χ1) is 10.6. The largest absolute Gasteiger partial charge is 0.508 e. The van der Waals surface area contributed by atoms with Gasteiger partial charge in [-0.15, -0.1) is 0 Å². The molecular weight excluding hydrogens is 284 g/mol. The van der Waals surface area contributed by atoms with Gasteiger partial charge in [-0.1, -0.05) is 12.1 Å². The minimum absolute atomic E-state index is 0.0286. The Balaban J connectivity index is 2.33. The summed E-state index contributed by atoms with van der Waals surface area (Å²) in [7, 11) is 1.46. The number of rotatable bonds is 2. The van der Waals surface area contributed by atoms with Gasteiger partial charge in [-0.25, -0.2) is 0 Å². The lowest BCUT2D eigenvalue weighted by Gasteiger charge is -2.08. The zero-order valence-electron chi connectivity index (χ0n) is 11.8. The number of nitrogens with two attached hydrogens (primary N) is 1. The predicted octanol–water partition coefficient (Wildman–Crippen LogP) is 2.29. The fraction of sp³-hybridized carbons (Fsp3) is 0.0625. The molecule has 1 heterocycles. The van der Waals surface area contributed by atoms with Crippen molar-refractivity contribution >= 4 is 11.0 Å². The normalized spacial score (nSPS) is 11.8. The van der Waals surface area contributed by atoms with E-state index in [-0.39, 0.29) is 11.5 Å². The van der Waals surface area contributed by atoms with E-state index in [0.717, 1.165) is 5.56 Å². The van der Waals surface area contributed by atoms with Crippen molar-refractivity contribution in [3.63, 3.8) is 0 Å². The molecule has 112 valence electrons. The van der Waals surface area contributed by atoms with E-state index >= 15 is 0 Å². The lowest BCUT2D eigenvalue weighted by molar-refractivity contribution is 0.373. The van der Waals surface area contributed by atoms with Gasteiger partial charge in [0.05, 0.1) is 7.11 Å². The molecule has 0 saturated heterocycles. The zero-order valence-corrected chi connectivity index (χ0v) is 11.8. The molecule has 3 aromatic rings. The quantitative estimate of drug-likeness (QED) is 0.498. The molecule has 22 heavy (non-hydrogen) atoms. The molecule has 2 aromatic carbocycles. The van der Waals surface area contributed by atoms with Gasteiger partial charge in [0.25, 0.3) is 0 Å². The van der Waals surface area contributed by atoms with Crippen molar-refractivity contribution in [3.05, 3.63) is 48.0 Å². The summed E-state index contributed by atoms with van der Waals surface area (Å²) < 4.78 is 10.7. The van der Waals surface area contributed by atoms with Gasteiger partial charge >= 0.3 is 0 Å². The summed E-state index contributed by atoms with van der Waals surface area (Å²) in [5.41, 5.74) is 1.90. The summed E-state index contributed by atoms with van der Waals surface area (Å²) in [5, 5.41) is 24.2. The van der Waals surface area contributed by atoms with Crippen molar-refractivity contribution in [2.75, 3.05) is 7.11 Å². The Labute approximate surface area is 125 Å². The van der Waals surface area contributed by atoms with Crippen LogP contribution < -0.4 is 15.9 Å². The standard InChI is InChI=1S/C16H14N2O4/c1-21-15-6-11-14(7-13(15)20)22-8-12(16(11)18-17)9-2-4-10(19)5-3-9/h2-8,19-20H,17H2,1H3/b18-16+. The van der Waals surface area contributed by atoms with E-state index in [9.17, 15) is 10.2 Å². The van der Waals surface area contributed by atoms with Crippen molar-refractivity contribution in [2.24, 2.45) is 10.9 Å². The van der Waals surface area contributed by atoms with Crippen LogP contribution in [0.3, 0.4) is 0 Å². The van der Waals surface area contributed by atoms with Gasteiger partial charge in [0, 0.05) is 17.0 Å². The summed E-state index contributed by atoms with van der Waals surface area (Å²) in [6, 6.07) is 9.67. The highest BCUT2D eigenvalue weighted by atomic mass is 16.5. The molecule has 0 spiro atoms. The fourth-order valence-corrected chi connectivity index (χ4v) is 2.30. The molecule has 0 bridgehead atoms. The first kappa shape index (κ1) is 13.8. The second kappa shape index (κ2) is 5.33. The van der Waals surface area contributed by atoms with Crippen molar-refractivity contribution in [1.29, 1.82) is 0 Å². The Hall–Kier alpha value is -3.15. The molecule has 0 aliphatic rings. The van der Waals surface area contributed by atoms with Crippen LogP contribution in [0, 0.1) is 0 Å². The number of ether oxygens (including phenoxy) is 1. The molecular formula is C16H14N2O4. The van der Waals surface area contributed by atoms with Crippen LogP contribution in [0.25, 0.3) is 22.1 Å². The number of hydrogen-bond donors (Lipinski definition) is 3. The smallest absolute Gasteiger partial charge is 0.161 e. The van der Waals surface area contributed by atoms with Gasteiger partial charge in [-0.3, -0.25) is 0 Å². The summed E-state index contributed by atoms with van der Waals surface area (Å²) in [6.45, 7) is 0. The SMILES string of the molecule is COc1cc2/c(=N\N)c(-c3ccc(O)cc3)coc2cc1O. The molecule has 6 heteroatoms. The second-order valence-electron chi connectivity index (χ2n) is 4.69. The van der Waals surface area contributed by atoms with E-state index in [4.69, 9.17) is 15.0 Å². The van der Waals surface area contributed by atoms with Gasteiger partial charge < -0.3 is 25.2 Å². The maximum Gasteiger partial charge on any atom is 0.161 e. The van der Waals surface area contributed by atoms with Crippen LogP contribution in [0.5, 0.6) is 17.2 Å². The minimum atomic E-state index is -0.0286. The summed E-state index contributed by atoms with van der Waals surface area (Å²) >= 11 is 0. The number of nitrogens with zero attached hydrogens (tertiary/aromatic N) is 1. The fourth-order valence-electron chi connectivity index (χ4n) is 2.30. The van der Waals surface area contributed by atoms with Gasteiger partial charge in [0.1, 0.15) is 23.0 Å². The van der Waals surface area contributed by atoms with Crippen LogP contribution in [0.1, 0.15) is 0 Å². The monoisotopic (exact) mass is 298 g/mol. The second-order valence-corrected chi connectivity index (χ2v) is 4.69. The number of phenols is 2. The zero-order chi connectivity index (χ0) is 15.7. The number of phenolic OH excluding ortho intramolecular Hbond substituents is 2. The Morgan fingerprint density at radius 1 is 1.14 bits per heavy atom. The molecule has 0 aliphatic carbocycles. The van der Waals surface area contributed by atoms with E-state index in [1.807, 2.05) is 0 Å². The predicted molar refractivity (Wildman–Crippen MR) is 81.3 cm³/mol. The third-order valence-electron chi connectivity index (χ3n) is 3.40. The van der Waals surface area contributed by atoms with E-state index in [0.29, 0.717) is 27.6 Å². The summed E-state index contributed by atoms with van der Waals surface area (Å²) in [5.74, 6) is 5.98. The highest BCUT2D eigenvalue weighted by molar-refractivity contribution is 5.84. The molecule has 4 N–H and O–H groups in total. The maximum atomic E-state index is 9.81. The number of fused-ring (bicyclic) bond motifs is 1. The summed E-state index contributed by atoms with van der Waals surface area (Å²) in [4.78, 5) is 0. The van der Waals surface area contributed by atoms with Crippen LogP contribution in [0.15, 0.2) is 52.2 Å². The average Bonchev–Trinajstić information content (AvgIpc) is 2.54. The van der Waals surface area contributed by atoms with E-state index in [2.05, 4.69) is 5.10 Å². The third-order valence-corrected chi connectivity index (χ3v) is 3.40. The van der Waals surface area contributed by atoms with Gasteiger partial charge in [-0.2, -0.15) is 5.10 Å². The van der Waals surface area contributed by atoms with Gasteiger partial charge in [0.15, 0.2) is 11.5 Å². The molecule has 0 radical (unpaired) electrons. The molecule has 3 rings (SSSR count). The van der Waals surface area contributed by atoms with Crippen LogP contribution in [0.2, 0.25) is 0 Å². The molecule has 0 fully saturated rings. The first-order valence-corrected chi connectivity index (χ1v) is 6.50. The molecule has 0 unspecified atom stereocenters. The first-order valence-electron chi connectivity index (χ1n) is 6.50. The summed E-state index contributed by atoms with van der Waals surface area (Å²) in [6.07, 6.45) is 1.51. The van der Waals surface area contributed by atoms with Crippen LogP contribution in [0.4, 0.5) is 0 Å². The molecule has 0 atom stereocenters. The van der Waals surface area contributed by atoms with Crippen LogP contribution >= 0.6 is 0 Å². The number of hydrogen-bond acceptors (Lipinski definition) is 6. The molecule has 1 aromatic heterocycles. The Kier molecular flexibility index (Phi) is 3.34. The Morgan fingerprint density at radius 2 is 1.86 bits per heavy atom. The lowest BCUT2D eigenvalue weighted by Crippen LogP contribution is -2.10. The number of methoxy groups -OCH3 is 1. The lowest BCUT2D eigenvalue weighted by atomic mass is 10.0. The van der Waals surface area contributed by atoms with E-state index in [1.165, 1.54) is 19.4 Å². The molecule has 0 saturated carbocycles. The van der Waals surface area contributed by atoms with Crippen LogP contribution in [-0.2, 0) is 0 Å².